The number of hydrogen-bond acceptors (Lipinski definition) is 2. The lowest BCUT2D eigenvalue weighted by Gasteiger charge is -2.27. The molecule has 0 radical (unpaired) electrons. The van der Waals surface area contributed by atoms with Gasteiger partial charge in [0.15, 0.2) is 0 Å². The molecule has 1 aromatic heterocycles. The molecule has 1 amide bonds. The van der Waals surface area contributed by atoms with E-state index >= 15 is 0 Å². The number of benzene rings is 2. The molecule has 0 bridgehead atoms. The van der Waals surface area contributed by atoms with Gasteiger partial charge in [0, 0.05) is 19.4 Å². The topological polar surface area (TPSA) is 33.2 Å². The zero-order chi connectivity index (χ0) is 24.6. The summed E-state index contributed by atoms with van der Waals surface area (Å²) in [6.45, 7) is 3.23. The van der Waals surface area contributed by atoms with E-state index in [1.807, 2.05) is 25.1 Å². The summed E-state index contributed by atoms with van der Waals surface area (Å²) in [5.74, 6) is -0.583. The molecule has 1 atom stereocenters. The second-order valence-electron chi connectivity index (χ2n) is 7.67. The van der Waals surface area contributed by atoms with Crippen molar-refractivity contribution >= 4 is 5.91 Å². The number of hydrogen-bond donors (Lipinski definition) is 0. The third-order valence-electron chi connectivity index (χ3n) is 5.48. The van der Waals surface area contributed by atoms with E-state index in [4.69, 9.17) is 0 Å². The van der Waals surface area contributed by atoms with Gasteiger partial charge in [-0.05, 0) is 60.4 Å². The summed E-state index contributed by atoms with van der Waals surface area (Å²) in [5.41, 5.74) is -0.737. The van der Waals surface area contributed by atoms with Crippen LogP contribution in [0.3, 0.4) is 0 Å². The molecule has 0 aliphatic carbocycles. The number of pyridine rings is 1. The highest BCUT2D eigenvalue weighted by molar-refractivity contribution is 6.01. The lowest BCUT2D eigenvalue weighted by Crippen LogP contribution is -2.30. The van der Waals surface area contributed by atoms with Gasteiger partial charge in [-0.15, -0.1) is 0 Å². The second kappa shape index (κ2) is 8.88. The highest BCUT2D eigenvalue weighted by Crippen LogP contribution is 2.38. The molecule has 174 valence electrons. The van der Waals surface area contributed by atoms with E-state index in [1.54, 1.807) is 12.1 Å². The lowest BCUT2D eigenvalue weighted by molar-refractivity contribution is -0.143. The van der Waals surface area contributed by atoms with Crippen molar-refractivity contribution in [2.24, 2.45) is 0 Å². The summed E-state index contributed by atoms with van der Waals surface area (Å²) in [6.07, 6.45) is -7.11. The number of rotatable bonds is 4. The Morgan fingerprint density at radius 3 is 2.03 bits per heavy atom. The van der Waals surface area contributed by atoms with Crippen molar-refractivity contribution in [3.63, 3.8) is 0 Å². The van der Waals surface area contributed by atoms with Crippen LogP contribution in [-0.2, 0) is 12.4 Å². The van der Waals surface area contributed by atoms with E-state index in [0.29, 0.717) is 17.7 Å². The first-order valence-electron chi connectivity index (χ1n) is 9.87. The van der Waals surface area contributed by atoms with E-state index < -0.39 is 35.4 Å². The fraction of sp³-hybridized carbons (Fsp3) is 0.250. The number of amides is 1. The predicted octanol–water partition coefficient (Wildman–Crippen LogP) is 6.93. The summed E-state index contributed by atoms with van der Waals surface area (Å²) in [4.78, 5) is 18.4. The van der Waals surface area contributed by atoms with E-state index in [9.17, 15) is 31.1 Å². The fourth-order valence-corrected chi connectivity index (χ4v) is 3.48. The van der Waals surface area contributed by atoms with Crippen LogP contribution in [-0.4, -0.2) is 22.8 Å². The summed E-state index contributed by atoms with van der Waals surface area (Å²) < 4.78 is 79.5. The minimum atomic E-state index is -4.97. The zero-order valence-corrected chi connectivity index (χ0v) is 17.9. The molecule has 1 unspecified atom stereocenters. The summed E-state index contributed by atoms with van der Waals surface area (Å²) in [5, 5.41) is 0. The molecule has 0 N–H and O–H groups in total. The Hall–Kier alpha value is -3.36. The van der Waals surface area contributed by atoms with Crippen LogP contribution in [0, 0.1) is 6.92 Å². The molecule has 3 nitrogen and oxygen atoms in total. The SMILES string of the molecule is Cc1ccccc1-c1ccncc1C(=O)N(C)C(C)c1cc(C(F)(F)F)cc(C(F)(F)F)c1. The molecular weight excluding hydrogens is 446 g/mol. The van der Waals surface area contributed by atoms with Crippen LogP contribution in [0.1, 0.15) is 45.6 Å². The van der Waals surface area contributed by atoms with E-state index in [2.05, 4.69) is 4.98 Å². The van der Waals surface area contributed by atoms with Gasteiger partial charge in [-0.25, -0.2) is 0 Å². The minimum Gasteiger partial charge on any atom is -0.335 e. The molecule has 0 fully saturated rings. The van der Waals surface area contributed by atoms with Crippen molar-refractivity contribution in [3.8, 4) is 11.1 Å². The Kier molecular flexibility index (Phi) is 6.53. The van der Waals surface area contributed by atoms with Crippen LogP contribution in [0.2, 0.25) is 0 Å². The molecular formula is C24H20F6N2O. The highest BCUT2D eigenvalue weighted by atomic mass is 19.4. The molecule has 3 rings (SSSR count). The Bertz CT molecular complexity index is 1140. The van der Waals surface area contributed by atoms with Crippen LogP contribution >= 0.6 is 0 Å². The summed E-state index contributed by atoms with van der Waals surface area (Å²) in [7, 11) is 1.33. The van der Waals surface area contributed by atoms with Gasteiger partial charge in [-0.1, -0.05) is 24.3 Å². The highest BCUT2D eigenvalue weighted by Gasteiger charge is 2.38. The molecule has 0 spiro atoms. The first kappa shape index (κ1) is 24.3. The van der Waals surface area contributed by atoms with Crippen molar-refractivity contribution in [2.45, 2.75) is 32.2 Å². The molecule has 33 heavy (non-hydrogen) atoms. The van der Waals surface area contributed by atoms with Crippen molar-refractivity contribution in [3.05, 3.63) is 88.7 Å². The van der Waals surface area contributed by atoms with Crippen LogP contribution < -0.4 is 0 Å². The second-order valence-corrected chi connectivity index (χ2v) is 7.67. The number of nitrogens with zero attached hydrogens (tertiary/aromatic N) is 2. The lowest BCUT2D eigenvalue weighted by atomic mass is 9.96. The maximum atomic E-state index is 13.3. The van der Waals surface area contributed by atoms with Gasteiger partial charge in [0.1, 0.15) is 0 Å². The maximum Gasteiger partial charge on any atom is 0.416 e. The van der Waals surface area contributed by atoms with E-state index in [1.165, 1.54) is 26.4 Å². The van der Waals surface area contributed by atoms with Gasteiger partial charge >= 0.3 is 12.4 Å². The Morgan fingerprint density at radius 2 is 1.48 bits per heavy atom. The molecule has 3 aromatic rings. The van der Waals surface area contributed by atoms with Gasteiger partial charge in [0.25, 0.3) is 5.91 Å². The first-order valence-corrected chi connectivity index (χ1v) is 9.87. The average molecular weight is 466 g/mol. The number of halogens is 6. The smallest absolute Gasteiger partial charge is 0.335 e. The summed E-state index contributed by atoms with van der Waals surface area (Å²) >= 11 is 0. The fourth-order valence-electron chi connectivity index (χ4n) is 3.48. The van der Waals surface area contributed by atoms with Crippen LogP contribution in [0.5, 0.6) is 0 Å². The van der Waals surface area contributed by atoms with Crippen LogP contribution in [0.15, 0.2) is 60.9 Å². The van der Waals surface area contributed by atoms with Gasteiger partial charge in [0.2, 0.25) is 0 Å². The van der Waals surface area contributed by atoms with E-state index in [0.717, 1.165) is 16.0 Å². The molecule has 1 heterocycles. The normalized spacial score (nSPS) is 13.0. The summed E-state index contributed by atoms with van der Waals surface area (Å²) in [6, 6.07) is 9.20. The van der Waals surface area contributed by atoms with Crippen molar-refractivity contribution < 1.29 is 31.1 Å². The third-order valence-corrected chi connectivity index (χ3v) is 5.48. The van der Waals surface area contributed by atoms with Gasteiger partial charge in [-0.2, -0.15) is 26.3 Å². The van der Waals surface area contributed by atoms with Crippen molar-refractivity contribution in [2.75, 3.05) is 7.05 Å². The standard InChI is InChI=1S/C24H20F6N2O/c1-14-6-4-5-7-19(14)20-8-9-31-13-21(20)22(33)32(3)15(2)16-10-17(23(25,26)27)12-18(11-16)24(28,29)30/h4-13,15H,1-3H3. The van der Waals surface area contributed by atoms with E-state index in [-0.39, 0.29) is 17.2 Å². The average Bonchev–Trinajstić information content (AvgIpc) is 2.76. The zero-order valence-electron chi connectivity index (χ0n) is 17.9. The molecule has 0 aliphatic rings. The number of alkyl halides is 6. The molecule has 0 saturated heterocycles. The minimum absolute atomic E-state index is 0.0649. The number of carbonyl (C=O) groups is 1. The van der Waals surface area contributed by atoms with Crippen LogP contribution in [0.25, 0.3) is 11.1 Å². The Balaban J connectivity index is 2.03. The third kappa shape index (κ3) is 5.18. The largest absolute Gasteiger partial charge is 0.416 e. The molecule has 2 aromatic carbocycles. The number of aryl methyl sites for hydroxylation is 1. The molecule has 0 saturated carbocycles. The van der Waals surface area contributed by atoms with Crippen molar-refractivity contribution in [1.29, 1.82) is 0 Å². The monoisotopic (exact) mass is 466 g/mol. The maximum absolute atomic E-state index is 13.3. The van der Waals surface area contributed by atoms with Gasteiger partial charge in [0.05, 0.1) is 22.7 Å². The first-order chi connectivity index (χ1) is 15.3. The van der Waals surface area contributed by atoms with Gasteiger partial charge in [-0.3, -0.25) is 9.78 Å². The number of aromatic nitrogens is 1. The van der Waals surface area contributed by atoms with Crippen molar-refractivity contribution in [1.82, 2.24) is 9.88 Å². The Morgan fingerprint density at radius 1 is 0.909 bits per heavy atom. The Labute approximate surface area is 186 Å². The molecule has 0 aliphatic heterocycles. The quantitative estimate of drug-likeness (QED) is 0.391. The predicted molar refractivity (Wildman–Crippen MR) is 111 cm³/mol. The van der Waals surface area contributed by atoms with Crippen LogP contribution in [0.4, 0.5) is 26.3 Å². The van der Waals surface area contributed by atoms with Gasteiger partial charge < -0.3 is 4.90 Å². The molecule has 9 heteroatoms. The number of carbonyl (C=O) groups excluding carboxylic acids is 1.